The second-order valence-corrected chi connectivity index (χ2v) is 6.41. The number of aromatic amines is 1. The lowest BCUT2D eigenvalue weighted by Crippen LogP contribution is -2.38. The summed E-state index contributed by atoms with van der Waals surface area (Å²) in [7, 11) is 1.78. The summed E-state index contributed by atoms with van der Waals surface area (Å²) in [6.07, 6.45) is 3.31. The summed E-state index contributed by atoms with van der Waals surface area (Å²) in [5.41, 5.74) is 0.455. The van der Waals surface area contributed by atoms with E-state index in [4.69, 9.17) is 4.74 Å². The van der Waals surface area contributed by atoms with E-state index >= 15 is 0 Å². The lowest BCUT2D eigenvalue weighted by Gasteiger charge is -2.31. The fraction of sp³-hybridized carbons (Fsp3) is 0.429. The van der Waals surface area contributed by atoms with Gasteiger partial charge < -0.3 is 9.72 Å². The van der Waals surface area contributed by atoms with Crippen LogP contribution < -0.4 is 5.56 Å². The smallest absolute Gasteiger partial charge is 0.262 e. The summed E-state index contributed by atoms with van der Waals surface area (Å²) in [6.45, 7) is 2.75. The first-order chi connectivity index (χ1) is 11.2. The van der Waals surface area contributed by atoms with Gasteiger partial charge in [0.25, 0.3) is 5.56 Å². The number of nitrogens with one attached hydrogen (secondary N) is 1. The number of nitrogens with zero attached hydrogens (tertiary/aromatic N) is 5. The molecule has 0 aliphatic carbocycles. The molecule has 0 spiro atoms. The van der Waals surface area contributed by atoms with Gasteiger partial charge in [-0.1, -0.05) is 0 Å². The SMILES string of the molecule is Cn1ncc2c(=O)[nH]c(CN3CCOC(c4nccs4)C3)nc21. The molecule has 9 heteroatoms. The molecular formula is C14H16N6O2S. The Morgan fingerprint density at radius 1 is 1.52 bits per heavy atom. The van der Waals surface area contributed by atoms with Crippen LogP contribution in [0.1, 0.15) is 16.9 Å². The molecule has 1 unspecified atom stereocenters. The van der Waals surface area contributed by atoms with E-state index in [9.17, 15) is 4.79 Å². The van der Waals surface area contributed by atoms with Gasteiger partial charge in [-0.15, -0.1) is 11.3 Å². The molecule has 1 aliphatic heterocycles. The minimum absolute atomic E-state index is 0.0177. The first-order valence-electron chi connectivity index (χ1n) is 7.35. The number of ether oxygens (including phenoxy) is 1. The van der Waals surface area contributed by atoms with Gasteiger partial charge in [0.15, 0.2) is 5.65 Å². The van der Waals surface area contributed by atoms with Crippen molar-refractivity contribution in [1.82, 2.24) is 29.6 Å². The van der Waals surface area contributed by atoms with Gasteiger partial charge in [0.1, 0.15) is 22.3 Å². The van der Waals surface area contributed by atoms with Crippen LogP contribution in [-0.4, -0.2) is 49.3 Å². The average Bonchev–Trinajstić information content (AvgIpc) is 3.19. The van der Waals surface area contributed by atoms with Crippen LogP contribution in [0.25, 0.3) is 11.0 Å². The summed E-state index contributed by atoms with van der Waals surface area (Å²) >= 11 is 1.60. The topological polar surface area (TPSA) is 88.9 Å². The van der Waals surface area contributed by atoms with Crippen LogP contribution in [0.2, 0.25) is 0 Å². The lowest BCUT2D eigenvalue weighted by atomic mass is 10.2. The predicted octanol–water partition coefficient (Wildman–Crippen LogP) is 0.687. The number of hydrogen-bond acceptors (Lipinski definition) is 7. The Bertz CT molecular complexity index is 871. The van der Waals surface area contributed by atoms with E-state index in [1.807, 2.05) is 5.38 Å². The second-order valence-electron chi connectivity index (χ2n) is 5.48. The number of aryl methyl sites for hydroxylation is 1. The molecule has 0 saturated carbocycles. The first kappa shape index (κ1) is 14.5. The zero-order chi connectivity index (χ0) is 15.8. The maximum Gasteiger partial charge on any atom is 0.262 e. The Labute approximate surface area is 135 Å². The molecule has 120 valence electrons. The van der Waals surface area contributed by atoms with Crippen molar-refractivity contribution in [2.45, 2.75) is 12.6 Å². The van der Waals surface area contributed by atoms with E-state index in [0.29, 0.717) is 30.0 Å². The minimum Gasteiger partial charge on any atom is -0.368 e. The third-order valence-corrected chi connectivity index (χ3v) is 4.77. The second kappa shape index (κ2) is 5.84. The average molecular weight is 332 g/mol. The van der Waals surface area contributed by atoms with Crippen molar-refractivity contribution in [2.24, 2.45) is 7.05 Å². The maximum atomic E-state index is 12.1. The highest BCUT2D eigenvalue weighted by molar-refractivity contribution is 7.09. The molecule has 8 nitrogen and oxygen atoms in total. The summed E-state index contributed by atoms with van der Waals surface area (Å²) in [5.74, 6) is 0.644. The third-order valence-electron chi connectivity index (χ3n) is 3.90. The highest BCUT2D eigenvalue weighted by Crippen LogP contribution is 2.24. The number of hydrogen-bond donors (Lipinski definition) is 1. The number of morpholine rings is 1. The van der Waals surface area contributed by atoms with Crippen molar-refractivity contribution in [3.05, 3.63) is 39.0 Å². The monoisotopic (exact) mass is 332 g/mol. The zero-order valence-corrected chi connectivity index (χ0v) is 13.4. The van der Waals surface area contributed by atoms with Crippen molar-refractivity contribution < 1.29 is 4.74 Å². The van der Waals surface area contributed by atoms with Crippen LogP contribution >= 0.6 is 11.3 Å². The summed E-state index contributed by atoms with van der Waals surface area (Å²) in [6, 6.07) is 0. The summed E-state index contributed by atoms with van der Waals surface area (Å²) < 4.78 is 7.41. The Morgan fingerprint density at radius 3 is 3.26 bits per heavy atom. The Morgan fingerprint density at radius 2 is 2.43 bits per heavy atom. The van der Waals surface area contributed by atoms with E-state index in [1.165, 1.54) is 6.20 Å². The van der Waals surface area contributed by atoms with Crippen molar-refractivity contribution in [3.63, 3.8) is 0 Å². The molecule has 1 aliphatic rings. The van der Waals surface area contributed by atoms with Gasteiger partial charge in [-0.3, -0.25) is 14.4 Å². The third kappa shape index (κ3) is 2.78. The molecule has 1 atom stereocenters. The van der Waals surface area contributed by atoms with E-state index in [-0.39, 0.29) is 11.7 Å². The van der Waals surface area contributed by atoms with E-state index in [1.54, 1.807) is 29.3 Å². The quantitative estimate of drug-likeness (QED) is 0.759. The van der Waals surface area contributed by atoms with E-state index < -0.39 is 0 Å². The Hall–Kier alpha value is -2.10. The number of H-pyrrole nitrogens is 1. The van der Waals surface area contributed by atoms with Gasteiger partial charge in [0.2, 0.25) is 0 Å². The predicted molar refractivity (Wildman–Crippen MR) is 85.2 cm³/mol. The highest BCUT2D eigenvalue weighted by Gasteiger charge is 2.24. The van der Waals surface area contributed by atoms with Gasteiger partial charge in [-0.25, -0.2) is 9.97 Å². The molecule has 4 rings (SSSR count). The Balaban J connectivity index is 1.55. The molecule has 1 fully saturated rings. The minimum atomic E-state index is -0.150. The standard InChI is InChI=1S/C14H16N6O2S/c1-19-12-9(6-16-19)13(21)18-11(17-12)8-20-3-4-22-10(7-20)14-15-2-5-23-14/h2,5-6,10H,3-4,7-8H2,1H3,(H,17,18,21). The number of rotatable bonds is 3. The molecule has 3 aromatic rings. The maximum absolute atomic E-state index is 12.1. The molecule has 0 amide bonds. The van der Waals surface area contributed by atoms with Gasteiger partial charge >= 0.3 is 0 Å². The molecule has 1 saturated heterocycles. The first-order valence-corrected chi connectivity index (χ1v) is 8.23. The van der Waals surface area contributed by atoms with Gasteiger partial charge in [0.05, 0.1) is 19.3 Å². The molecule has 4 heterocycles. The van der Waals surface area contributed by atoms with Crippen LogP contribution in [0.3, 0.4) is 0 Å². The van der Waals surface area contributed by atoms with Gasteiger partial charge in [-0.2, -0.15) is 5.10 Å². The van der Waals surface area contributed by atoms with Crippen LogP contribution in [0.4, 0.5) is 0 Å². The lowest BCUT2D eigenvalue weighted by molar-refractivity contribution is -0.0337. The zero-order valence-electron chi connectivity index (χ0n) is 12.6. The van der Waals surface area contributed by atoms with Gasteiger partial charge in [0, 0.05) is 31.7 Å². The normalized spacial score (nSPS) is 19.4. The van der Waals surface area contributed by atoms with Crippen molar-refractivity contribution in [3.8, 4) is 0 Å². The van der Waals surface area contributed by atoms with Crippen LogP contribution in [0, 0.1) is 0 Å². The van der Waals surface area contributed by atoms with E-state index in [2.05, 4.69) is 25.0 Å². The molecule has 0 aromatic carbocycles. The highest BCUT2D eigenvalue weighted by atomic mass is 32.1. The molecule has 3 aromatic heterocycles. The van der Waals surface area contributed by atoms with Gasteiger partial charge in [-0.05, 0) is 0 Å². The number of aromatic nitrogens is 5. The summed E-state index contributed by atoms with van der Waals surface area (Å²) in [5, 5.41) is 7.53. The van der Waals surface area contributed by atoms with Crippen molar-refractivity contribution >= 4 is 22.4 Å². The van der Waals surface area contributed by atoms with E-state index in [0.717, 1.165) is 18.1 Å². The number of fused-ring (bicyclic) bond motifs is 1. The largest absolute Gasteiger partial charge is 0.368 e. The van der Waals surface area contributed by atoms with Crippen molar-refractivity contribution in [1.29, 1.82) is 0 Å². The fourth-order valence-electron chi connectivity index (χ4n) is 2.75. The van der Waals surface area contributed by atoms with Crippen LogP contribution in [0.15, 0.2) is 22.6 Å². The number of thiazole rings is 1. The molecule has 23 heavy (non-hydrogen) atoms. The fourth-order valence-corrected chi connectivity index (χ4v) is 3.43. The molecule has 0 bridgehead atoms. The molecule has 1 N–H and O–H groups in total. The summed E-state index contributed by atoms with van der Waals surface area (Å²) in [4.78, 5) is 26.0. The van der Waals surface area contributed by atoms with Crippen molar-refractivity contribution in [2.75, 3.05) is 19.7 Å². The van der Waals surface area contributed by atoms with Crippen LogP contribution in [-0.2, 0) is 18.3 Å². The Kier molecular flexibility index (Phi) is 3.68. The van der Waals surface area contributed by atoms with Crippen LogP contribution in [0.5, 0.6) is 0 Å². The molecule has 0 radical (unpaired) electrons. The molecular weight excluding hydrogens is 316 g/mol.